The number of nitrogens with zero attached hydrogens (tertiary/aromatic N) is 5. The fourth-order valence-electron chi connectivity index (χ4n) is 5.24. The number of methoxy groups -OCH3 is 1. The van der Waals surface area contributed by atoms with Crippen LogP contribution in [-0.4, -0.2) is 128 Å². The lowest BCUT2D eigenvalue weighted by Gasteiger charge is -2.37. The minimum absolute atomic E-state index is 0.0676. The zero-order valence-electron chi connectivity index (χ0n) is 22.9. The van der Waals surface area contributed by atoms with Crippen molar-refractivity contribution >= 4 is 17.6 Å². The van der Waals surface area contributed by atoms with E-state index in [0.29, 0.717) is 26.0 Å². The number of carbonyl (C=O) groups is 2. The highest BCUT2D eigenvalue weighted by Gasteiger charge is 2.28. The third-order valence-corrected chi connectivity index (χ3v) is 7.47. The number of esters is 2. The highest BCUT2D eigenvalue weighted by molar-refractivity contribution is 5.75. The largest absolute Gasteiger partial charge is 0.468 e. The fourth-order valence-corrected chi connectivity index (χ4v) is 5.24. The number of carbonyl (C=O) groups excluding carboxylic acids is 2. The average molecular weight is 534 g/mol. The van der Waals surface area contributed by atoms with Gasteiger partial charge in [0.05, 0.1) is 25.2 Å². The molecule has 1 aromatic rings. The monoisotopic (exact) mass is 533 g/mol. The number of aryl methyl sites for hydroxylation is 1. The number of rotatable bonds is 9. The molecule has 2 aliphatic heterocycles. The molecule has 2 fully saturated rings. The molecule has 3 rings (SSSR count). The summed E-state index contributed by atoms with van der Waals surface area (Å²) in [7, 11) is 1.44. The molecule has 38 heavy (non-hydrogen) atoms. The predicted octanol–water partition coefficient (Wildman–Crippen LogP) is 1.65. The second-order valence-corrected chi connectivity index (χ2v) is 10.0. The number of fused-ring (bicyclic) bond motifs is 3. The predicted molar refractivity (Wildman–Crippen MR) is 144 cm³/mol. The van der Waals surface area contributed by atoms with E-state index in [2.05, 4.69) is 19.6 Å². The van der Waals surface area contributed by atoms with E-state index in [0.717, 1.165) is 83.9 Å². The lowest BCUT2D eigenvalue weighted by Crippen LogP contribution is -2.50. The zero-order valence-corrected chi connectivity index (χ0v) is 22.9. The van der Waals surface area contributed by atoms with E-state index < -0.39 is 4.92 Å². The van der Waals surface area contributed by atoms with Gasteiger partial charge in [0.1, 0.15) is 6.04 Å². The van der Waals surface area contributed by atoms with Crippen LogP contribution in [0.4, 0.5) is 5.69 Å². The molecule has 212 valence electrons. The highest BCUT2D eigenvalue weighted by atomic mass is 16.6. The molecule has 3 unspecified atom stereocenters. The molecule has 0 amide bonds. The van der Waals surface area contributed by atoms with E-state index in [1.807, 2.05) is 6.92 Å². The number of hydrogen-bond donors (Lipinski definition) is 0. The van der Waals surface area contributed by atoms with Crippen LogP contribution < -0.4 is 0 Å². The maximum absolute atomic E-state index is 13.1. The minimum atomic E-state index is -0.401. The summed E-state index contributed by atoms with van der Waals surface area (Å²) < 4.78 is 10.4. The highest BCUT2D eigenvalue weighted by Crippen LogP contribution is 2.17. The minimum Gasteiger partial charge on any atom is -0.468 e. The second kappa shape index (κ2) is 15.7. The lowest BCUT2D eigenvalue weighted by atomic mass is 10.0. The van der Waals surface area contributed by atoms with E-state index in [4.69, 9.17) is 9.47 Å². The molecule has 0 spiro atoms. The molecule has 0 radical (unpaired) electrons. The summed E-state index contributed by atoms with van der Waals surface area (Å²) in [5.74, 6) is -0.393. The van der Waals surface area contributed by atoms with Crippen LogP contribution in [0.2, 0.25) is 0 Å². The molecule has 2 heterocycles. The third kappa shape index (κ3) is 9.61. The van der Waals surface area contributed by atoms with Gasteiger partial charge in [0.2, 0.25) is 0 Å². The Kier molecular flexibility index (Phi) is 12.4. The maximum atomic E-state index is 13.1. The van der Waals surface area contributed by atoms with E-state index in [1.54, 1.807) is 12.1 Å². The Hall–Kier alpha value is -2.60. The third-order valence-electron chi connectivity index (χ3n) is 7.47. The Balaban J connectivity index is 1.67. The van der Waals surface area contributed by atoms with E-state index in [1.165, 1.54) is 19.2 Å². The quantitative estimate of drug-likeness (QED) is 0.264. The van der Waals surface area contributed by atoms with Crippen LogP contribution in [0.5, 0.6) is 0 Å². The molecule has 3 atom stereocenters. The average Bonchev–Trinajstić information content (AvgIpc) is 2.91. The van der Waals surface area contributed by atoms with Gasteiger partial charge in [-0.3, -0.25) is 29.5 Å². The Morgan fingerprint density at radius 3 is 2.18 bits per heavy atom. The first-order chi connectivity index (χ1) is 18.4. The summed E-state index contributed by atoms with van der Waals surface area (Å²) in [6.07, 6.45) is 3.15. The lowest BCUT2D eigenvalue weighted by molar-refractivity contribution is -0.384. The van der Waals surface area contributed by atoms with Crippen LogP contribution in [0.25, 0.3) is 0 Å². The van der Waals surface area contributed by atoms with Gasteiger partial charge in [-0.25, -0.2) is 0 Å². The molecule has 0 aliphatic carbocycles. The maximum Gasteiger partial charge on any atom is 0.323 e. The molecule has 11 heteroatoms. The summed E-state index contributed by atoms with van der Waals surface area (Å²) in [6.45, 7) is 11.3. The molecule has 2 saturated heterocycles. The van der Waals surface area contributed by atoms with Crippen molar-refractivity contribution in [3.05, 3.63) is 39.9 Å². The van der Waals surface area contributed by atoms with Crippen molar-refractivity contribution in [1.82, 2.24) is 19.6 Å². The molecule has 11 nitrogen and oxygen atoms in total. The zero-order chi connectivity index (χ0) is 27.3. The number of ether oxygens (including phenoxy) is 2. The number of benzene rings is 1. The van der Waals surface area contributed by atoms with Crippen LogP contribution in [0, 0.1) is 10.1 Å². The number of nitro benzene ring substituents is 1. The Labute approximate surface area is 225 Å². The van der Waals surface area contributed by atoms with Gasteiger partial charge in [0.25, 0.3) is 5.69 Å². The van der Waals surface area contributed by atoms with Crippen LogP contribution >= 0.6 is 0 Å². The van der Waals surface area contributed by atoms with Crippen LogP contribution in [-0.2, 0) is 25.5 Å². The SMILES string of the molecule is CCOC(=O)C(CCc1ccc([N+](=O)[O-])cc1)N1CCCN2CCN(CCCN(CC(=O)OC)CC2)CC1. The summed E-state index contributed by atoms with van der Waals surface area (Å²) >= 11 is 0. The molecule has 0 aromatic heterocycles. The molecule has 2 aliphatic rings. The first-order valence-corrected chi connectivity index (χ1v) is 13.8. The van der Waals surface area contributed by atoms with Crippen molar-refractivity contribution < 1.29 is 24.0 Å². The summed E-state index contributed by atoms with van der Waals surface area (Å²) in [6, 6.07) is 6.21. The van der Waals surface area contributed by atoms with Crippen LogP contribution in [0.15, 0.2) is 24.3 Å². The van der Waals surface area contributed by atoms with Gasteiger partial charge in [-0.2, -0.15) is 0 Å². The molecule has 2 bridgehead atoms. The fraction of sp³-hybridized carbons (Fsp3) is 0.704. The van der Waals surface area contributed by atoms with Crippen LogP contribution in [0.1, 0.15) is 31.7 Å². The normalized spacial score (nSPS) is 22.8. The molecule has 0 N–H and O–H groups in total. The molecule has 1 aromatic carbocycles. The van der Waals surface area contributed by atoms with Gasteiger partial charge in [0.15, 0.2) is 0 Å². The van der Waals surface area contributed by atoms with Gasteiger partial charge in [-0.1, -0.05) is 12.1 Å². The standard InChI is InChI=1S/C27H43N5O6/c1-3-38-27(34)25(11-8-23-6-9-24(10-7-23)32(35)36)31-15-5-13-28-16-17-29(20-21-31)12-4-14-30(19-18-28)22-26(33)37-2/h6-7,9-10,25H,3-5,8,11-22H2,1-2H3. The molecular formula is C27H43N5O6. The molecular weight excluding hydrogens is 490 g/mol. The second-order valence-electron chi connectivity index (χ2n) is 10.0. The Morgan fingerprint density at radius 1 is 0.921 bits per heavy atom. The van der Waals surface area contributed by atoms with Crippen molar-refractivity contribution in [2.45, 2.75) is 38.6 Å². The van der Waals surface area contributed by atoms with Gasteiger partial charge in [-0.15, -0.1) is 0 Å². The van der Waals surface area contributed by atoms with Gasteiger partial charge >= 0.3 is 11.9 Å². The van der Waals surface area contributed by atoms with Gasteiger partial charge < -0.3 is 19.3 Å². The number of nitro groups is 1. The summed E-state index contributed by atoms with van der Waals surface area (Å²) in [4.78, 5) is 44.9. The van der Waals surface area contributed by atoms with Crippen molar-refractivity contribution in [1.29, 1.82) is 0 Å². The van der Waals surface area contributed by atoms with E-state index >= 15 is 0 Å². The first kappa shape index (κ1) is 29.9. The van der Waals surface area contributed by atoms with E-state index in [9.17, 15) is 19.7 Å². The van der Waals surface area contributed by atoms with Crippen molar-refractivity contribution in [2.24, 2.45) is 0 Å². The topological polar surface area (TPSA) is 109 Å². The first-order valence-electron chi connectivity index (χ1n) is 13.8. The van der Waals surface area contributed by atoms with Gasteiger partial charge in [-0.05, 0) is 51.3 Å². The number of non-ortho nitro benzene ring substituents is 1. The summed E-state index contributed by atoms with van der Waals surface area (Å²) in [5.41, 5.74) is 1.04. The smallest absolute Gasteiger partial charge is 0.323 e. The van der Waals surface area contributed by atoms with Crippen molar-refractivity contribution in [3.63, 3.8) is 0 Å². The van der Waals surface area contributed by atoms with Crippen molar-refractivity contribution in [2.75, 3.05) is 85.7 Å². The van der Waals surface area contributed by atoms with Gasteiger partial charge in [0, 0.05) is 64.5 Å². The van der Waals surface area contributed by atoms with Crippen LogP contribution in [0.3, 0.4) is 0 Å². The van der Waals surface area contributed by atoms with Crippen molar-refractivity contribution in [3.8, 4) is 0 Å². The molecule has 0 saturated carbocycles. The van der Waals surface area contributed by atoms with E-state index in [-0.39, 0.29) is 23.7 Å². The number of hydrogen-bond acceptors (Lipinski definition) is 10. The summed E-state index contributed by atoms with van der Waals surface area (Å²) in [5, 5.41) is 11.0. The Bertz CT molecular complexity index is 898. The Morgan fingerprint density at radius 2 is 1.55 bits per heavy atom.